The van der Waals surface area contributed by atoms with E-state index in [0.717, 1.165) is 6.54 Å². The fraction of sp³-hybridized carbons (Fsp3) is 0.467. The largest absolute Gasteiger partial charge is 0.493 e. The first-order valence-corrected chi connectivity index (χ1v) is 7.62. The van der Waals surface area contributed by atoms with Crippen LogP contribution in [0.2, 0.25) is 5.02 Å². The minimum absolute atomic E-state index is 0. The number of methoxy groups -OCH3 is 2. The van der Waals surface area contributed by atoms with Gasteiger partial charge in [0.15, 0.2) is 11.5 Å². The molecule has 2 aromatic rings. The van der Waals surface area contributed by atoms with E-state index >= 15 is 0 Å². The first kappa shape index (κ1) is 18.8. The Morgan fingerprint density at radius 3 is 2.75 bits per heavy atom. The third-order valence-electron chi connectivity index (χ3n) is 3.72. The van der Waals surface area contributed by atoms with Gasteiger partial charge in [0.05, 0.1) is 32.0 Å². The van der Waals surface area contributed by atoms with Crippen molar-refractivity contribution in [2.75, 3.05) is 27.4 Å². The average Bonchev–Trinajstić information content (AvgIpc) is 3.04. The summed E-state index contributed by atoms with van der Waals surface area (Å²) < 4.78 is 21.5. The second kappa shape index (κ2) is 8.02. The van der Waals surface area contributed by atoms with Gasteiger partial charge < -0.3 is 24.1 Å². The van der Waals surface area contributed by atoms with Crippen LogP contribution < -0.4 is 14.8 Å². The molecule has 0 saturated carbocycles. The highest BCUT2D eigenvalue weighted by Crippen LogP contribution is 2.38. The van der Waals surface area contributed by atoms with E-state index in [0.29, 0.717) is 40.4 Å². The van der Waals surface area contributed by atoms with Gasteiger partial charge in [-0.1, -0.05) is 16.8 Å². The summed E-state index contributed by atoms with van der Waals surface area (Å²) in [6, 6.07) is 3.35. The summed E-state index contributed by atoms with van der Waals surface area (Å²) in [4.78, 5) is 4.45. The van der Waals surface area contributed by atoms with E-state index in [-0.39, 0.29) is 24.6 Å². The van der Waals surface area contributed by atoms with Crippen molar-refractivity contribution in [3.8, 4) is 22.9 Å². The quantitative estimate of drug-likeness (QED) is 0.879. The fourth-order valence-electron chi connectivity index (χ4n) is 2.54. The molecule has 0 aliphatic carbocycles. The van der Waals surface area contributed by atoms with Crippen molar-refractivity contribution >= 4 is 24.0 Å². The van der Waals surface area contributed by atoms with Crippen molar-refractivity contribution in [1.29, 1.82) is 0 Å². The van der Waals surface area contributed by atoms with Gasteiger partial charge >= 0.3 is 0 Å². The third-order valence-corrected chi connectivity index (χ3v) is 4.00. The van der Waals surface area contributed by atoms with Crippen LogP contribution in [0.1, 0.15) is 18.9 Å². The zero-order chi connectivity index (χ0) is 16.4. The van der Waals surface area contributed by atoms with Gasteiger partial charge in [-0.25, -0.2) is 0 Å². The SMILES string of the molecule is COc1cc(-c2noc([C@H]3NCCO[C@@H]3C)n2)cc(Cl)c1OC.Cl. The summed E-state index contributed by atoms with van der Waals surface area (Å²) in [7, 11) is 3.08. The smallest absolute Gasteiger partial charge is 0.246 e. The Bertz CT molecular complexity index is 695. The molecule has 1 aliphatic rings. The lowest BCUT2D eigenvalue weighted by atomic mass is 10.1. The fourth-order valence-corrected chi connectivity index (χ4v) is 2.82. The number of aromatic nitrogens is 2. The second-order valence-electron chi connectivity index (χ2n) is 5.16. The van der Waals surface area contributed by atoms with Gasteiger partial charge in [0.25, 0.3) is 0 Å². The molecule has 1 fully saturated rings. The number of nitrogens with one attached hydrogen (secondary N) is 1. The Labute approximate surface area is 151 Å². The zero-order valence-corrected chi connectivity index (χ0v) is 15.1. The van der Waals surface area contributed by atoms with E-state index in [2.05, 4.69) is 15.5 Å². The summed E-state index contributed by atoms with van der Waals surface area (Å²) in [5, 5.41) is 7.76. The van der Waals surface area contributed by atoms with E-state index in [1.165, 1.54) is 7.11 Å². The van der Waals surface area contributed by atoms with Crippen molar-refractivity contribution < 1.29 is 18.7 Å². The molecule has 9 heteroatoms. The molecule has 7 nitrogen and oxygen atoms in total. The van der Waals surface area contributed by atoms with Crippen LogP contribution in [0.15, 0.2) is 16.7 Å². The van der Waals surface area contributed by atoms with Crippen LogP contribution in [0, 0.1) is 0 Å². The van der Waals surface area contributed by atoms with Crippen LogP contribution in [0.4, 0.5) is 0 Å². The molecule has 1 aliphatic heterocycles. The van der Waals surface area contributed by atoms with E-state index < -0.39 is 0 Å². The Morgan fingerprint density at radius 1 is 1.29 bits per heavy atom. The van der Waals surface area contributed by atoms with E-state index in [1.54, 1.807) is 19.2 Å². The predicted molar refractivity (Wildman–Crippen MR) is 91.3 cm³/mol. The Morgan fingerprint density at radius 2 is 2.08 bits per heavy atom. The molecule has 2 heterocycles. The van der Waals surface area contributed by atoms with Crippen molar-refractivity contribution in [2.24, 2.45) is 0 Å². The van der Waals surface area contributed by atoms with Crippen LogP contribution in [0.5, 0.6) is 11.5 Å². The molecule has 1 saturated heterocycles. The molecule has 0 spiro atoms. The third kappa shape index (κ3) is 3.59. The number of hydrogen-bond donors (Lipinski definition) is 1. The Hall–Kier alpha value is -1.54. The summed E-state index contributed by atoms with van der Waals surface area (Å²) in [6.45, 7) is 3.38. The van der Waals surface area contributed by atoms with Gasteiger partial charge in [0.1, 0.15) is 6.04 Å². The summed E-state index contributed by atoms with van der Waals surface area (Å²) >= 11 is 6.22. The second-order valence-corrected chi connectivity index (χ2v) is 5.56. The number of ether oxygens (including phenoxy) is 3. The van der Waals surface area contributed by atoms with Gasteiger partial charge in [-0.3, -0.25) is 0 Å². The zero-order valence-electron chi connectivity index (χ0n) is 13.5. The van der Waals surface area contributed by atoms with Crippen LogP contribution in [-0.2, 0) is 4.74 Å². The molecule has 132 valence electrons. The Kier molecular flexibility index (Phi) is 6.28. The van der Waals surface area contributed by atoms with Crippen LogP contribution >= 0.6 is 24.0 Å². The predicted octanol–water partition coefficient (Wildman–Crippen LogP) is 2.88. The lowest BCUT2D eigenvalue weighted by Gasteiger charge is -2.27. The number of halogens is 2. The maximum atomic E-state index is 6.22. The Balaban J connectivity index is 0.00000208. The first-order valence-electron chi connectivity index (χ1n) is 7.24. The lowest BCUT2D eigenvalue weighted by Crippen LogP contribution is -2.40. The topological polar surface area (TPSA) is 78.6 Å². The van der Waals surface area contributed by atoms with Crippen LogP contribution in [0.3, 0.4) is 0 Å². The molecule has 24 heavy (non-hydrogen) atoms. The van der Waals surface area contributed by atoms with E-state index in [1.807, 2.05) is 6.92 Å². The summed E-state index contributed by atoms with van der Waals surface area (Å²) in [5.41, 5.74) is 0.687. The molecular weight excluding hydrogens is 357 g/mol. The highest BCUT2D eigenvalue weighted by Gasteiger charge is 2.28. The molecular formula is C15H19Cl2N3O4. The summed E-state index contributed by atoms with van der Waals surface area (Å²) in [6.07, 6.45) is -0.0361. The van der Waals surface area contributed by atoms with Crippen LogP contribution in [0.25, 0.3) is 11.4 Å². The average molecular weight is 376 g/mol. The minimum atomic E-state index is -0.124. The molecule has 3 rings (SSSR count). The molecule has 1 N–H and O–H groups in total. The number of nitrogens with zero attached hydrogens (tertiary/aromatic N) is 2. The van der Waals surface area contributed by atoms with Crippen molar-refractivity contribution in [3.05, 3.63) is 23.0 Å². The van der Waals surface area contributed by atoms with Crippen molar-refractivity contribution in [3.63, 3.8) is 0 Å². The number of morpholine rings is 1. The molecule has 2 atom stereocenters. The molecule has 1 aromatic carbocycles. The lowest BCUT2D eigenvalue weighted by molar-refractivity contribution is -0.00136. The van der Waals surface area contributed by atoms with Gasteiger partial charge in [0, 0.05) is 12.1 Å². The maximum Gasteiger partial charge on any atom is 0.246 e. The number of hydrogen-bond acceptors (Lipinski definition) is 7. The number of rotatable bonds is 4. The van der Waals surface area contributed by atoms with Crippen molar-refractivity contribution in [1.82, 2.24) is 15.5 Å². The monoisotopic (exact) mass is 375 g/mol. The highest BCUT2D eigenvalue weighted by molar-refractivity contribution is 6.32. The van der Waals surface area contributed by atoms with E-state index in [9.17, 15) is 0 Å². The van der Waals surface area contributed by atoms with Crippen LogP contribution in [-0.4, -0.2) is 43.6 Å². The molecule has 0 bridgehead atoms. The van der Waals surface area contributed by atoms with Crippen molar-refractivity contribution in [2.45, 2.75) is 19.1 Å². The first-order chi connectivity index (χ1) is 11.1. The molecule has 0 amide bonds. The van der Waals surface area contributed by atoms with E-state index in [4.69, 9.17) is 30.3 Å². The minimum Gasteiger partial charge on any atom is -0.493 e. The summed E-state index contributed by atoms with van der Waals surface area (Å²) in [5.74, 6) is 1.90. The molecule has 0 unspecified atom stereocenters. The van der Waals surface area contributed by atoms with Gasteiger partial charge in [-0.15, -0.1) is 12.4 Å². The van der Waals surface area contributed by atoms with Gasteiger partial charge in [0.2, 0.25) is 11.7 Å². The molecule has 1 aromatic heterocycles. The van der Waals surface area contributed by atoms with Gasteiger partial charge in [-0.05, 0) is 19.1 Å². The maximum absolute atomic E-state index is 6.22. The highest BCUT2D eigenvalue weighted by atomic mass is 35.5. The normalized spacial score (nSPS) is 20.3. The number of benzene rings is 1. The standard InChI is InChI=1S/C15H18ClN3O4.ClH/c1-8-12(17-4-5-22-8)15-18-14(19-23-15)9-6-10(16)13(21-3)11(7-9)20-2;/h6-8,12,17H,4-5H2,1-3H3;1H/t8-,12+;/m1./s1. The molecule has 0 radical (unpaired) electrons. The van der Waals surface area contributed by atoms with Gasteiger partial charge in [-0.2, -0.15) is 4.98 Å².